The van der Waals surface area contributed by atoms with E-state index in [0.717, 1.165) is 23.9 Å². The largest absolute Gasteiger partial charge is 0.465 e. The first-order valence-corrected chi connectivity index (χ1v) is 8.31. The summed E-state index contributed by atoms with van der Waals surface area (Å²) in [7, 11) is 0. The van der Waals surface area contributed by atoms with E-state index < -0.39 is 12.1 Å². The molecule has 4 rings (SSSR count). The number of aldehydes is 1. The van der Waals surface area contributed by atoms with Crippen molar-refractivity contribution in [1.29, 1.82) is 0 Å². The van der Waals surface area contributed by atoms with E-state index in [-0.39, 0.29) is 23.6 Å². The third kappa shape index (κ3) is 2.70. The Morgan fingerprint density at radius 1 is 1.32 bits per heavy atom. The molecule has 1 atom stereocenters. The van der Waals surface area contributed by atoms with Gasteiger partial charge in [0.25, 0.3) is 0 Å². The van der Waals surface area contributed by atoms with E-state index >= 15 is 0 Å². The molecule has 7 nitrogen and oxygen atoms in total. The van der Waals surface area contributed by atoms with E-state index in [2.05, 4.69) is 0 Å². The van der Waals surface area contributed by atoms with Crippen molar-refractivity contribution in [3.8, 4) is 0 Å². The van der Waals surface area contributed by atoms with Gasteiger partial charge in [0.15, 0.2) is 11.7 Å². The Bertz CT molecular complexity index is 916. The highest BCUT2D eigenvalue weighted by atomic mass is 16.5. The molecule has 1 saturated heterocycles. The summed E-state index contributed by atoms with van der Waals surface area (Å²) in [5, 5.41) is 9.91. The zero-order valence-electron chi connectivity index (χ0n) is 13.6. The summed E-state index contributed by atoms with van der Waals surface area (Å²) in [6, 6.07) is 5.19. The molecule has 2 fully saturated rings. The molecule has 2 aliphatic rings. The lowest BCUT2D eigenvalue weighted by Crippen LogP contribution is -2.42. The standard InChI is InChI=1S/C18H18N2O5/c21-9-12-8-20(13-2-3-13)15-7-11(1-4-14(15)17(12)22)16-10-25-6-5-19(16)18(23)24/h1,4,7-9,13,16H,2-3,5-6,10H2,(H,23,24). The Morgan fingerprint density at radius 3 is 2.80 bits per heavy atom. The van der Waals surface area contributed by atoms with Gasteiger partial charge in [-0.3, -0.25) is 14.5 Å². The molecule has 1 aliphatic heterocycles. The van der Waals surface area contributed by atoms with E-state index in [1.54, 1.807) is 18.3 Å². The monoisotopic (exact) mass is 342 g/mol. The molecular formula is C18H18N2O5. The van der Waals surface area contributed by atoms with Gasteiger partial charge < -0.3 is 14.4 Å². The van der Waals surface area contributed by atoms with Gasteiger partial charge in [-0.15, -0.1) is 0 Å². The van der Waals surface area contributed by atoms with Gasteiger partial charge in [0.1, 0.15) is 0 Å². The number of rotatable bonds is 3. The van der Waals surface area contributed by atoms with Crippen LogP contribution in [-0.2, 0) is 4.74 Å². The minimum atomic E-state index is -0.982. The molecule has 7 heteroatoms. The van der Waals surface area contributed by atoms with Crippen LogP contribution in [0.25, 0.3) is 10.9 Å². The van der Waals surface area contributed by atoms with E-state index in [0.29, 0.717) is 24.8 Å². The number of hydrogen-bond acceptors (Lipinski definition) is 4. The van der Waals surface area contributed by atoms with Crippen LogP contribution in [0, 0.1) is 0 Å². The fourth-order valence-corrected chi connectivity index (χ4v) is 3.44. The molecule has 1 unspecified atom stereocenters. The number of carboxylic acid groups (broad SMARTS) is 1. The molecule has 2 aromatic rings. The van der Waals surface area contributed by atoms with Crippen LogP contribution in [0.1, 0.15) is 40.8 Å². The Kier molecular flexibility index (Phi) is 3.80. The number of ether oxygens (including phenoxy) is 1. The number of amides is 1. The maximum atomic E-state index is 12.4. The van der Waals surface area contributed by atoms with E-state index in [4.69, 9.17) is 4.74 Å². The highest BCUT2D eigenvalue weighted by Crippen LogP contribution is 2.37. The second kappa shape index (κ2) is 6.00. The summed E-state index contributed by atoms with van der Waals surface area (Å²) in [5.74, 6) is 0. The van der Waals surface area contributed by atoms with Crippen LogP contribution in [0.3, 0.4) is 0 Å². The summed E-state index contributed by atoms with van der Waals surface area (Å²) < 4.78 is 7.43. The zero-order chi connectivity index (χ0) is 17.6. The topological polar surface area (TPSA) is 88.8 Å². The quantitative estimate of drug-likeness (QED) is 0.864. The lowest BCUT2D eigenvalue weighted by atomic mass is 10.0. The number of hydrogen-bond donors (Lipinski definition) is 1. The average Bonchev–Trinajstić information content (AvgIpc) is 3.47. The third-order valence-electron chi connectivity index (χ3n) is 4.91. The Hall–Kier alpha value is -2.67. The number of benzene rings is 1. The van der Waals surface area contributed by atoms with Crippen LogP contribution in [0.5, 0.6) is 0 Å². The predicted octanol–water partition coefficient (Wildman–Crippen LogP) is 2.20. The molecule has 25 heavy (non-hydrogen) atoms. The minimum Gasteiger partial charge on any atom is -0.465 e. The summed E-state index contributed by atoms with van der Waals surface area (Å²) in [5.41, 5.74) is 1.40. The SMILES string of the molecule is O=Cc1cn(C2CC2)c2cc(C3COCCN3C(=O)O)ccc2c1=O. The first-order valence-electron chi connectivity index (χ1n) is 8.31. The predicted molar refractivity (Wildman–Crippen MR) is 90.2 cm³/mol. The maximum absolute atomic E-state index is 12.4. The molecule has 1 aromatic heterocycles. The van der Waals surface area contributed by atoms with Crippen LogP contribution in [0.15, 0.2) is 29.2 Å². The van der Waals surface area contributed by atoms with Gasteiger partial charge in [-0.05, 0) is 30.5 Å². The number of carbonyl (C=O) groups is 2. The van der Waals surface area contributed by atoms with Crippen LogP contribution in [-0.4, -0.2) is 46.7 Å². The third-order valence-corrected chi connectivity index (χ3v) is 4.91. The molecule has 0 radical (unpaired) electrons. The van der Waals surface area contributed by atoms with Gasteiger partial charge in [0.2, 0.25) is 0 Å². The number of fused-ring (bicyclic) bond motifs is 1. The number of morpholine rings is 1. The number of aromatic nitrogens is 1. The summed E-state index contributed by atoms with van der Waals surface area (Å²) in [6.07, 6.45) is 3.24. The normalized spacial score (nSPS) is 20.6. The van der Waals surface area contributed by atoms with Gasteiger partial charge in [-0.2, -0.15) is 0 Å². The van der Waals surface area contributed by atoms with Crippen molar-refractivity contribution in [2.45, 2.75) is 24.9 Å². The average molecular weight is 342 g/mol. The highest BCUT2D eigenvalue weighted by molar-refractivity contribution is 5.86. The number of carbonyl (C=O) groups excluding carboxylic acids is 1. The smallest absolute Gasteiger partial charge is 0.407 e. The van der Waals surface area contributed by atoms with Crippen LogP contribution >= 0.6 is 0 Å². The molecule has 130 valence electrons. The molecule has 2 heterocycles. The van der Waals surface area contributed by atoms with E-state index in [1.165, 1.54) is 4.90 Å². The number of nitrogens with zero attached hydrogens (tertiary/aromatic N) is 2. The number of pyridine rings is 1. The van der Waals surface area contributed by atoms with Crippen molar-refractivity contribution in [2.24, 2.45) is 0 Å². The summed E-state index contributed by atoms with van der Waals surface area (Å²) in [6.45, 7) is 0.987. The van der Waals surface area contributed by atoms with Gasteiger partial charge in [-0.25, -0.2) is 4.79 Å². The van der Waals surface area contributed by atoms with Gasteiger partial charge in [0, 0.05) is 24.2 Å². The highest BCUT2D eigenvalue weighted by Gasteiger charge is 2.30. The van der Waals surface area contributed by atoms with Crippen molar-refractivity contribution in [3.63, 3.8) is 0 Å². The first-order chi connectivity index (χ1) is 12.1. The molecule has 1 amide bonds. The molecule has 1 aliphatic carbocycles. The van der Waals surface area contributed by atoms with Gasteiger partial charge in [0.05, 0.1) is 30.3 Å². The lowest BCUT2D eigenvalue weighted by Gasteiger charge is -2.33. The molecule has 1 N–H and O–H groups in total. The van der Waals surface area contributed by atoms with Crippen LogP contribution in [0.4, 0.5) is 4.79 Å². The van der Waals surface area contributed by atoms with E-state index in [9.17, 15) is 19.5 Å². The molecule has 0 spiro atoms. The molecule has 1 aromatic carbocycles. The second-order valence-electron chi connectivity index (χ2n) is 6.51. The van der Waals surface area contributed by atoms with Crippen molar-refractivity contribution < 1.29 is 19.4 Å². The first kappa shape index (κ1) is 15.8. The minimum absolute atomic E-state index is 0.153. The van der Waals surface area contributed by atoms with Crippen molar-refractivity contribution in [2.75, 3.05) is 19.8 Å². The Balaban J connectivity index is 1.87. The molecular weight excluding hydrogens is 324 g/mol. The lowest BCUT2D eigenvalue weighted by molar-refractivity contribution is -0.000864. The van der Waals surface area contributed by atoms with Crippen molar-refractivity contribution in [3.05, 3.63) is 45.7 Å². The second-order valence-corrected chi connectivity index (χ2v) is 6.51. The summed E-state index contributed by atoms with van der Waals surface area (Å²) in [4.78, 5) is 36.5. The molecule has 0 bridgehead atoms. The fourth-order valence-electron chi connectivity index (χ4n) is 3.44. The van der Waals surface area contributed by atoms with Crippen LogP contribution < -0.4 is 5.43 Å². The van der Waals surface area contributed by atoms with Crippen molar-refractivity contribution >= 4 is 23.3 Å². The fraction of sp³-hybridized carbons (Fsp3) is 0.389. The van der Waals surface area contributed by atoms with Gasteiger partial charge >= 0.3 is 6.09 Å². The maximum Gasteiger partial charge on any atom is 0.407 e. The van der Waals surface area contributed by atoms with Crippen LogP contribution in [0.2, 0.25) is 0 Å². The Labute approximate surface area is 143 Å². The van der Waals surface area contributed by atoms with Gasteiger partial charge in [-0.1, -0.05) is 6.07 Å². The Morgan fingerprint density at radius 2 is 2.12 bits per heavy atom. The summed E-state index contributed by atoms with van der Waals surface area (Å²) >= 11 is 0. The zero-order valence-corrected chi connectivity index (χ0v) is 13.6. The van der Waals surface area contributed by atoms with E-state index in [1.807, 2.05) is 10.6 Å². The molecule has 1 saturated carbocycles. The van der Waals surface area contributed by atoms with Crippen molar-refractivity contribution in [1.82, 2.24) is 9.47 Å².